The van der Waals surface area contributed by atoms with Gasteiger partial charge in [-0.05, 0) is 48.7 Å². The molecule has 0 unspecified atom stereocenters. The lowest BCUT2D eigenvalue weighted by Gasteiger charge is -2.26. The van der Waals surface area contributed by atoms with E-state index >= 15 is 0 Å². The van der Waals surface area contributed by atoms with E-state index < -0.39 is 0 Å². The third-order valence-corrected chi connectivity index (χ3v) is 9.77. The summed E-state index contributed by atoms with van der Waals surface area (Å²) in [5.41, 5.74) is 3.24. The fourth-order valence-corrected chi connectivity index (χ4v) is 7.12. The van der Waals surface area contributed by atoms with E-state index in [1.54, 1.807) is 22.8 Å². The highest BCUT2D eigenvalue weighted by Crippen LogP contribution is 2.37. The van der Waals surface area contributed by atoms with Crippen LogP contribution in [0.2, 0.25) is 10.0 Å². The number of nitrogens with one attached hydrogen (secondary N) is 1. The molecule has 206 valence electrons. The highest BCUT2D eigenvalue weighted by atomic mass is 35.5. The average molecular weight is 615 g/mol. The molecule has 0 saturated heterocycles. The molecule has 40 heavy (non-hydrogen) atoms. The molecule has 2 aromatic carbocycles. The minimum Gasteiger partial charge on any atom is -0.372 e. The Morgan fingerprint density at radius 3 is 2.67 bits per heavy atom. The number of halogens is 2. The topological polar surface area (TPSA) is 90.5 Å². The third kappa shape index (κ3) is 4.92. The molecule has 0 radical (unpaired) electrons. The number of benzene rings is 2. The number of thioether (sulfide) groups is 1. The Bertz CT molecular complexity index is 1830. The molecule has 1 atom stereocenters. The number of hydrogen-bond donors (Lipinski definition) is 1. The van der Waals surface area contributed by atoms with Crippen LogP contribution < -0.4 is 10.9 Å². The zero-order chi connectivity index (χ0) is 28.1. The Kier molecular flexibility index (Phi) is 7.39. The van der Waals surface area contributed by atoms with Gasteiger partial charge in [-0.3, -0.25) is 9.59 Å². The molecule has 12 heteroatoms. The van der Waals surface area contributed by atoms with Crippen LogP contribution in [0.15, 0.2) is 52.4 Å². The van der Waals surface area contributed by atoms with Crippen LogP contribution >= 0.6 is 46.3 Å². The third-order valence-electron chi connectivity index (χ3n) is 6.91. The van der Waals surface area contributed by atoms with Gasteiger partial charge in [0.05, 0.1) is 39.6 Å². The van der Waals surface area contributed by atoms with Crippen LogP contribution in [0.5, 0.6) is 0 Å². The highest BCUT2D eigenvalue weighted by molar-refractivity contribution is 7.99. The number of hydrogen-bond acceptors (Lipinski definition) is 7. The van der Waals surface area contributed by atoms with E-state index in [1.165, 1.54) is 23.1 Å². The fourth-order valence-electron chi connectivity index (χ4n) is 4.79. The van der Waals surface area contributed by atoms with Crippen molar-refractivity contribution in [3.05, 3.63) is 78.9 Å². The molecule has 0 bridgehead atoms. The molecular formula is C28H25Cl2N5O3S2. The maximum atomic E-state index is 14.1. The summed E-state index contributed by atoms with van der Waals surface area (Å²) >= 11 is 14.8. The average Bonchev–Trinajstić information content (AvgIpc) is 3.52. The molecule has 0 aliphatic carbocycles. The van der Waals surface area contributed by atoms with E-state index in [4.69, 9.17) is 27.9 Å². The van der Waals surface area contributed by atoms with Gasteiger partial charge in [-0.1, -0.05) is 66.5 Å². The standard InChI is InChI=1S/C28H25Cl2N5O3S2/c1-14(2)21-11-18-22(12-38-21)40-26-24(18)25(37)34(17-7-4-15(3)5-8-17)27-32-33-28(35(26)27)39-13-23(36)31-16-6-9-19(29)20(30)10-16/h4-10,14,21H,11-13H2,1-3H3,(H,31,36)/t21-/m1/s1. The summed E-state index contributed by atoms with van der Waals surface area (Å²) in [7, 11) is 0. The van der Waals surface area contributed by atoms with Gasteiger partial charge in [0.25, 0.3) is 5.56 Å². The van der Waals surface area contributed by atoms with Crippen LogP contribution in [0.4, 0.5) is 5.69 Å². The first-order valence-electron chi connectivity index (χ1n) is 12.7. The fraction of sp³-hybridized carbons (Fsp3) is 0.286. The van der Waals surface area contributed by atoms with Gasteiger partial charge >= 0.3 is 0 Å². The summed E-state index contributed by atoms with van der Waals surface area (Å²) < 4.78 is 9.63. The van der Waals surface area contributed by atoms with Gasteiger partial charge in [-0.25, -0.2) is 8.97 Å². The number of thiophene rings is 1. The number of amides is 1. The lowest BCUT2D eigenvalue weighted by atomic mass is 9.96. The Morgan fingerprint density at radius 2 is 1.95 bits per heavy atom. The Morgan fingerprint density at radius 1 is 1.18 bits per heavy atom. The first-order chi connectivity index (χ1) is 19.2. The Balaban J connectivity index is 1.44. The van der Waals surface area contributed by atoms with Gasteiger partial charge in [-0.2, -0.15) is 0 Å². The van der Waals surface area contributed by atoms with Crippen LogP contribution in [0.1, 0.15) is 29.9 Å². The van der Waals surface area contributed by atoms with Gasteiger partial charge in [-0.15, -0.1) is 21.5 Å². The quantitative estimate of drug-likeness (QED) is 0.219. The Hall–Kier alpha value is -2.89. The molecule has 0 spiro atoms. The van der Waals surface area contributed by atoms with Crippen molar-refractivity contribution in [2.75, 3.05) is 11.1 Å². The lowest BCUT2D eigenvalue weighted by Crippen LogP contribution is -2.28. The van der Waals surface area contributed by atoms with E-state index in [-0.39, 0.29) is 23.3 Å². The first-order valence-corrected chi connectivity index (χ1v) is 15.3. The predicted molar refractivity (Wildman–Crippen MR) is 162 cm³/mol. The van der Waals surface area contributed by atoms with Crippen LogP contribution in [0.25, 0.3) is 21.7 Å². The predicted octanol–water partition coefficient (Wildman–Crippen LogP) is 6.54. The number of anilines is 1. The molecular weight excluding hydrogens is 589 g/mol. The maximum absolute atomic E-state index is 14.1. The van der Waals surface area contributed by atoms with Crippen LogP contribution in [0.3, 0.4) is 0 Å². The van der Waals surface area contributed by atoms with Crippen LogP contribution in [0, 0.1) is 12.8 Å². The van der Waals surface area contributed by atoms with Gasteiger partial charge < -0.3 is 10.1 Å². The summed E-state index contributed by atoms with van der Waals surface area (Å²) in [5.74, 6) is 0.562. The number of carbonyl (C=O) groups is 1. The second kappa shape index (κ2) is 10.8. The van der Waals surface area contributed by atoms with Crippen molar-refractivity contribution < 1.29 is 9.53 Å². The zero-order valence-electron chi connectivity index (χ0n) is 21.9. The van der Waals surface area contributed by atoms with Crippen molar-refractivity contribution in [2.45, 2.75) is 45.1 Å². The van der Waals surface area contributed by atoms with Crippen LogP contribution in [-0.4, -0.2) is 36.9 Å². The van der Waals surface area contributed by atoms with E-state index in [0.29, 0.717) is 56.7 Å². The number of rotatable bonds is 6. The smallest absolute Gasteiger partial charge is 0.268 e. The molecule has 8 nitrogen and oxygen atoms in total. The van der Waals surface area contributed by atoms with E-state index in [1.807, 2.05) is 35.6 Å². The number of aryl methyl sites for hydroxylation is 1. The molecule has 5 aromatic rings. The SMILES string of the molecule is Cc1ccc(-n2c(=O)c3c4c(sc3n3c(SCC(=O)Nc5ccc(Cl)c(Cl)c5)nnc23)CO[C@@H](C(C)C)C4)cc1. The van der Waals surface area contributed by atoms with Crippen molar-refractivity contribution in [1.29, 1.82) is 0 Å². The Labute approximate surface area is 248 Å². The summed E-state index contributed by atoms with van der Waals surface area (Å²) in [5, 5.41) is 13.6. The largest absolute Gasteiger partial charge is 0.372 e. The minimum absolute atomic E-state index is 0.0352. The molecule has 0 saturated carbocycles. The number of aromatic nitrogens is 4. The normalized spacial score (nSPS) is 15.2. The minimum atomic E-state index is -0.234. The van der Waals surface area contributed by atoms with E-state index in [2.05, 4.69) is 29.4 Å². The van der Waals surface area contributed by atoms with Gasteiger partial charge in [0.2, 0.25) is 11.7 Å². The van der Waals surface area contributed by atoms with Gasteiger partial charge in [0.1, 0.15) is 4.83 Å². The van der Waals surface area contributed by atoms with Crippen molar-refractivity contribution in [3.63, 3.8) is 0 Å². The number of carbonyl (C=O) groups excluding carboxylic acids is 1. The molecule has 6 rings (SSSR count). The molecule has 1 aliphatic rings. The number of ether oxygens (including phenoxy) is 1. The number of nitrogens with zero attached hydrogens (tertiary/aromatic N) is 4. The van der Waals surface area contributed by atoms with E-state index in [9.17, 15) is 9.59 Å². The molecule has 0 fully saturated rings. The van der Waals surface area contributed by atoms with Crippen molar-refractivity contribution >= 4 is 73.9 Å². The van der Waals surface area contributed by atoms with Gasteiger partial charge in [0.15, 0.2) is 5.16 Å². The maximum Gasteiger partial charge on any atom is 0.268 e. The van der Waals surface area contributed by atoms with Crippen molar-refractivity contribution in [1.82, 2.24) is 19.2 Å². The summed E-state index contributed by atoms with van der Waals surface area (Å²) in [6.45, 7) is 6.72. The zero-order valence-corrected chi connectivity index (χ0v) is 25.0. The van der Waals surface area contributed by atoms with Crippen molar-refractivity contribution in [3.8, 4) is 5.69 Å². The second-order valence-electron chi connectivity index (χ2n) is 10.0. The first kappa shape index (κ1) is 27.3. The summed E-state index contributed by atoms with van der Waals surface area (Å²) in [4.78, 5) is 28.7. The molecule has 4 heterocycles. The van der Waals surface area contributed by atoms with Gasteiger partial charge in [0, 0.05) is 17.0 Å². The molecule has 1 amide bonds. The summed E-state index contributed by atoms with van der Waals surface area (Å²) in [6.07, 6.45) is 0.700. The second-order valence-corrected chi connectivity index (χ2v) is 12.9. The lowest BCUT2D eigenvalue weighted by molar-refractivity contribution is -0.113. The monoisotopic (exact) mass is 613 g/mol. The molecule has 3 aromatic heterocycles. The van der Waals surface area contributed by atoms with E-state index in [0.717, 1.165) is 20.8 Å². The highest BCUT2D eigenvalue weighted by Gasteiger charge is 2.30. The van der Waals surface area contributed by atoms with Crippen molar-refractivity contribution in [2.24, 2.45) is 5.92 Å². The molecule has 1 N–H and O–H groups in total. The van der Waals surface area contributed by atoms with Crippen LogP contribution in [-0.2, 0) is 22.6 Å². The summed E-state index contributed by atoms with van der Waals surface area (Å²) in [6, 6.07) is 12.7. The molecule has 1 aliphatic heterocycles. The number of fused-ring (bicyclic) bond motifs is 5.